The standard InChI is InChI=1S/C25H21BrClN3/c26-21-4-1-3-19(13-21)14-29-12-10-23-20(16-29)17-30(25-24(23)5-2-11-28-25)15-18-6-8-22(27)9-7-18/h1-11,13,17H,12,14-16H2/i17D. The minimum Gasteiger partial charge on any atom is -0.328 e. The van der Waals surface area contributed by atoms with Crippen LogP contribution in [0, 0.1) is 0 Å². The van der Waals surface area contributed by atoms with Gasteiger partial charge in [-0.2, -0.15) is 0 Å². The van der Waals surface area contributed by atoms with E-state index in [4.69, 9.17) is 13.0 Å². The molecule has 3 aromatic rings. The summed E-state index contributed by atoms with van der Waals surface area (Å²) in [6, 6.07) is 20.3. The van der Waals surface area contributed by atoms with Crippen molar-refractivity contribution in [1.82, 2.24) is 9.88 Å². The van der Waals surface area contributed by atoms with Crippen LogP contribution in [0.3, 0.4) is 0 Å². The van der Waals surface area contributed by atoms with Crippen LogP contribution in [-0.2, 0) is 13.1 Å². The van der Waals surface area contributed by atoms with Crippen LogP contribution in [0.4, 0.5) is 5.82 Å². The van der Waals surface area contributed by atoms with Crippen molar-refractivity contribution >= 4 is 38.9 Å². The fourth-order valence-electron chi connectivity index (χ4n) is 4.02. The summed E-state index contributed by atoms with van der Waals surface area (Å²) in [6.07, 6.45) is 4.56. The Bertz CT molecular complexity index is 1190. The molecule has 0 spiro atoms. The van der Waals surface area contributed by atoms with Crippen LogP contribution in [0.25, 0.3) is 5.57 Å². The van der Waals surface area contributed by atoms with Gasteiger partial charge in [0, 0.05) is 53.6 Å². The van der Waals surface area contributed by atoms with Gasteiger partial charge in [-0.05, 0) is 58.7 Å². The highest BCUT2D eigenvalue weighted by Gasteiger charge is 2.27. The molecule has 30 heavy (non-hydrogen) atoms. The highest BCUT2D eigenvalue weighted by molar-refractivity contribution is 9.10. The molecule has 0 unspecified atom stereocenters. The number of aromatic nitrogens is 1. The fraction of sp³-hybridized carbons (Fsp3) is 0.160. The maximum atomic E-state index is 9.04. The number of benzene rings is 2. The van der Waals surface area contributed by atoms with E-state index in [1.54, 1.807) is 6.20 Å². The van der Waals surface area contributed by atoms with Gasteiger partial charge in [-0.25, -0.2) is 4.98 Å². The summed E-state index contributed by atoms with van der Waals surface area (Å²) in [4.78, 5) is 9.02. The van der Waals surface area contributed by atoms with Crippen molar-refractivity contribution in [3.8, 4) is 0 Å². The molecule has 0 atom stereocenters. The summed E-state index contributed by atoms with van der Waals surface area (Å²) in [5.74, 6) is 0.845. The first-order valence-corrected chi connectivity index (χ1v) is 11.1. The van der Waals surface area contributed by atoms with Crippen LogP contribution >= 0.6 is 27.5 Å². The molecule has 0 saturated heterocycles. The maximum Gasteiger partial charge on any atom is 0.140 e. The zero-order chi connectivity index (χ0) is 21.4. The summed E-state index contributed by atoms with van der Waals surface area (Å²) in [6.45, 7) is 3.02. The molecule has 0 fully saturated rings. The summed E-state index contributed by atoms with van der Waals surface area (Å²) >= 11 is 9.62. The van der Waals surface area contributed by atoms with Crippen molar-refractivity contribution in [2.75, 3.05) is 18.0 Å². The molecule has 0 N–H and O–H groups in total. The van der Waals surface area contributed by atoms with Crippen molar-refractivity contribution in [3.05, 3.63) is 111 Å². The number of nitrogens with zero attached hydrogens (tertiary/aromatic N) is 3. The zero-order valence-electron chi connectivity index (χ0n) is 17.4. The molecular formula is C25H21BrClN3. The second-order valence-corrected chi connectivity index (χ2v) is 8.95. The number of halogens is 2. The normalized spacial score (nSPS) is 16.7. The van der Waals surface area contributed by atoms with Gasteiger partial charge in [0.2, 0.25) is 0 Å². The van der Waals surface area contributed by atoms with Crippen LogP contribution < -0.4 is 4.90 Å². The molecular weight excluding hydrogens is 458 g/mol. The van der Waals surface area contributed by atoms with Crippen LogP contribution in [-0.4, -0.2) is 23.0 Å². The predicted molar refractivity (Wildman–Crippen MR) is 127 cm³/mol. The van der Waals surface area contributed by atoms with Crippen molar-refractivity contribution in [2.45, 2.75) is 13.1 Å². The number of rotatable bonds is 4. The van der Waals surface area contributed by atoms with Crippen molar-refractivity contribution in [2.24, 2.45) is 0 Å². The van der Waals surface area contributed by atoms with E-state index in [0.29, 0.717) is 17.7 Å². The lowest BCUT2D eigenvalue weighted by Crippen LogP contribution is -2.33. The predicted octanol–water partition coefficient (Wildman–Crippen LogP) is 6.30. The van der Waals surface area contributed by atoms with Gasteiger partial charge in [-0.3, -0.25) is 4.90 Å². The third-order valence-electron chi connectivity index (χ3n) is 5.41. The molecule has 0 radical (unpaired) electrons. The average molecular weight is 480 g/mol. The van der Waals surface area contributed by atoms with E-state index in [1.165, 1.54) is 5.56 Å². The molecule has 2 aliphatic heterocycles. The molecule has 0 saturated carbocycles. The minimum absolute atomic E-state index is 0.520. The summed E-state index contributed by atoms with van der Waals surface area (Å²) < 4.78 is 10.1. The van der Waals surface area contributed by atoms with Crippen LogP contribution in [0.15, 0.2) is 89.2 Å². The van der Waals surface area contributed by atoms with Crippen molar-refractivity contribution < 1.29 is 1.37 Å². The number of hydrogen-bond acceptors (Lipinski definition) is 3. The lowest BCUT2D eigenvalue weighted by atomic mass is 9.92. The van der Waals surface area contributed by atoms with E-state index in [0.717, 1.165) is 52.2 Å². The molecule has 0 amide bonds. The van der Waals surface area contributed by atoms with E-state index in [2.05, 4.69) is 56.2 Å². The lowest BCUT2D eigenvalue weighted by Gasteiger charge is -2.35. The zero-order valence-corrected chi connectivity index (χ0v) is 18.7. The van der Waals surface area contributed by atoms with Gasteiger partial charge in [0.25, 0.3) is 0 Å². The van der Waals surface area contributed by atoms with Gasteiger partial charge in [-0.1, -0.05) is 57.9 Å². The van der Waals surface area contributed by atoms with Gasteiger partial charge < -0.3 is 4.90 Å². The first-order chi connectivity index (χ1) is 15.1. The number of hydrogen-bond donors (Lipinski definition) is 0. The van der Waals surface area contributed by atoms with Gasteiger partial charge in [0.1, 0.15) is 5.82 Å². The first-order valence-electron chi connectivity index (χ1n) is 10.4. The van der Waals surface area contributed by atoms with Gasteiger partial charge >= 0.3 is 0 Å². The van der Waals surface area contributed by atoms with Crippen LogP contribution in [0.1, 0.15) is 18.1 Å². The molecule has 1 aromatic heterocycles. The molecule has 150 valence electrons. The summed E-state index contributed by atoms with van der Waals surface area (Å²) in [5, 5.41) is 0.714. The monoisotopic (exact) mass is 478 g/mol. The Labute approximate surface area is 191 Å². The Morgan fingerprint density at radius 1 is 1.03 bits per heavy atom. The van der Waals surface area contributed by atoms with Gasteiger partial charge in [0.15, 0.2) is 0 Å². The van der Waals surface area contributed by atoms with Crippen LogP contribution in [0.2, 0.25) is 5.02 Å². The molecule has 5 heteroatoms. The molecule has 2 aromatic carbocycles. The highest BCUT2D eigenvalue weighted by Crippen LogP contribution is 2.38. The summed E-state index contributed by atoms with van der Waals surface area (Å²) in [7, 11) is 0. The van der Waals surface area contributed by atoms with E-state index in [1.807, 2.05) is 41.3 Å². The molecule has 3 nitrogen and oxygen atoms in total. The molecule has 0 bridgehead atoms. The topological polar surface area (TPSA) is 19.4 Å². The third-order valence-corrected chi connectivity index (χ3v) is 6.16. The van der Waals surface area contributed by atoms with Crippen molar-refractivity contribution in [3.63, 3.8) is 0 Å². The Kier molecular flexibility index (Phi) is 5.14. The van der Waals surface area contributed by atoms with Crippen LogP contribution in [0.5, 0.6) is 0 Å². The Balaban J connectivity index is 1.49. The maximum absolute atomic E-state index is 9.04. The largest absolute Gasteiger partial charge is 0.328 e. The van der Waals surface area contributed by atoms with E-state index in [-0.39, 0.29) is 0 Å². The van der Waals surface area contributed by atoms with E-state index in [9.17, 15) is 0 Å². The number of fused-ring (bicyclic) bond motifs is 3. The van der Waals surface area contributed by atoms with Gasteiger partial charge in [0.05, 0.1) is 1.37 Å². The number of anilines is 1. The molecule has 3 heterocycles. The Morgan fingerprint density at radius 3 is 2.73 bits per heavy atom. The second-order valence-electron chi connectivity index (χ2n) is 7.59. The Morgan fingerprint density at radius 2 is 1.90 bits per heavy atom. The molecule has 5 rings (SSSR count). The molecule has 0 aliphatic carbocycles. The molecule has 2 aliphatic rings. The highest BCUT2D eigenvalue weighted by atomic mass is 79.9. The minimum atomic E-state index is 0.520. The summed E-state index contributed by atoms with van der Waals surface area (Å²) in [5.41, 5.74) is 5.65. The van der Waals surface area contributed by atoms with E-state index >= 15 is 0 Å². The first kappa shape index (κ1) is 18.4. The quantitative estimate of drug-likeness (QED) is 0.438. The third kappa shape index (κ3) is 4.08. The smallest absolute Gasteiger partial charge is 0.140 e. The second kappa shape index (κ2) is 8.38. The number of pyridine rings is 1. The van der Waals surface area contributed by atoms with Crippen molar-refractivity contribution in [1.29, 1.82) is 0 Å². The lowest BCUT2D eigenvalue weighted by molar-refractivity contribution is 0.317. The van der Waals surface area contributed by atoms with Gasteiger partial charge in [-0.15, -0.1) is 0 Å². The Hall–Kier alpha value is -2.40. The van der Waals surface area contributed by atoms with E-state index < -0.39 is 0 Å². The fourth-order valence-corrected chi connectivity index (χ4v) is 4.60. The average Bonchev–Trinajstić information content (AvgIpc) is 2.78. The SMILES string of the molecule is [2H]C1=C2CN(Cc3cccc(Br)c3)CC=C2c2cccnc2N1Cc1ccc(Cl)cc1.